The normalized spacial score (nSPS) is 19.1. The lowest BCUT2D eigenvalue weighted by atomic mass is 10.0. The summed E-state index contributed by atoms with van der Waals surface area (Å²) in [5.74, 6) is 0.562. The lowest BCUT2D eigenvalue weighted by Gasteiger charge is -2.33. The van der Waals surface area contributed by atoms with Gasteiger partial charge in [0, 0.05) is 12.6 Å². The Bertz CT molecular complexity index is 529. The fourth-order valence-electron chi connectivity index (χ4n) is 3.46. The third-order valence-corrected chi connectivity index (χ3v) is 5.15. The van der Waals surface area contributed by atoms with Gasteiger partial charge in [-0.15, -0.1) is 0 Å². The monoisotopic (exact) mass is 361 g/mol. The Morgan fingerprint density at radius 3 is 2.69 bits per heavy atom. The van der Waals surface area contributed by atoms with Gasteiger partial charge < -0.3 is 14.4 Å². The zero-order valence-electron chi connectivity index (χ0n) is 16.7. The number of unbranched alkanes of at least 4 members (excludes halogenated alkanes) is 1. The second kappa shape index (κ2) is 11.2. The van der Waals surface area contributed by atoms with Crippen LogP contribution in [0.15, 0.2) is 24.3 Å². The van der Waals surface area contributed by atoms with Crippen LogP contribution in [0.1, 0.15) is 76.1 Å². The molecule has 0 aromatic heterocycles. The van der Waals surface area contributed by atoms with E-state index in [9.17, 15) is 4.79 Å². The summed E-state index contributed by atoms with van der Waals surface area (Å²) >= 11 is 0. The van der Waals surface area contributed by atoms with Gasteiger partial charge in [-0.25, -0.2) is 4.79 Å². The molecular weight excluding hydrogens is 326 g/mol. The molecule has 2 atom stereocenters. The fourth-order valence-corrected chi connectivity index (χ4v) is 3.46. The number of piperidine rings is 1. The zero-order chi connectivity index (χ0) is 18.8. The quantitative estimate of drug-likeness (QED) is 0.431. The van der Waals surface area contributed by atoms with Crippen molar-refractivity contribution in [3.05, 3.63) is 29.8 Å². The number of likely N-dealkylation sites (tertiary alicyclic amines) is 1. The minimum atomic E-state index is -0.248. The summed E-state index contributed by atoms with van der Waals surface area (Å²) in [4.78, 5) is 14.7. The summed E-state index contributed by atoms with van der Waals surface area (Å²) in [5, 5.41) is 0. The Hall–Kier alpha value is -1.55. The third-order valence-electron chi connectivity index (χ3n) is 5.15. The van der Waals surface area contributed by atoms with Crippen molar-refractivity contribution in [1.29, 1.82) is 0 Å². The Balaban J connectivity index is 1.68. The highest BCUT2D eigenvalue weighted by atomic mass is 16.5. The minimum absolute atomic E-state index is 0.199. The molecule has 0 saturated carbocycles. The topological polar surface area (TPSA) is 38.8 Å². The van der Waals surface area contributed by atoms with Crippen molar-refractivity contribution in [2.75, 3.05) is 19.7 Å². The van der Waals surface area contributed by atoms with E-state index in [0.29, 0.717) is 18.2 Å². The largest absolute Gasteiger partial charge is 0.491 e. The maximum absolute atomic E-state index is 12.2. The first-order chi connectivity index (χ1) is 12.6. The summed E-state index contributed by atoms with van der Waals surface area (Å²) in [6, 6.07) is 7.95. The molecule has 1 saturated heterocycles. The number of carbonyl (C=O) groups excluding carboxylic acids is 1. The molecule has 1 aromatic carbocycles. The van der Waals surface area contributed by atoms with E-state index in [1.807, 2.05) is 12.1 Å². The molecule has 1 aromatic rings. The molecule has 1 fully saturated rings. The molecular formula is C22H35NO3. The number of hydrogen-bond acceptors (Lipinski definition) is 4. The number of hydrogen-bond donors (Lipinski definition) is 0. The van der Waals surface area contributed by atoms with Crippen LogP contribution in [0.25, 0.3) is 0 Å². The van der Waals surface area contributed by atoms with Crippen LogP contribution in [-0.4, -0.2) is 42.7 Å². The van der Waals surface area contributed by atoms with Gasteiger partial charge >= 0.3 is 5.97 Å². The smallest absolute Gasteiger partial charge is 0.338 e. The molecule has 1 heterocycles. The van der Waals surface area contributed by atoms with Crippen LogP contribution in [0, 0.1) is 0 Å². The first-order valence-corrected chi connectivity index (χ1v) is 10.3. The van der Waals surface area contributed by atoms with E-state index in [4.69, 9.17) is 9.47 Å². The second-order valence-electron chi connectivity index (χ2n) is 7.47. The van der Waals surface area contributed by atoms with Gasteiger partial charge in [0.1, 0.15) is 5.75 Å². The fraction of sp³-hybridized carbons (Fsp3) is 0.682. The van der Waals surface area contributed by atoms with E-state index in [1.54, 1.807) is 12.1 Å². The summed E-state index contributed by atoms with van der Waals surface area (Å²) in [7, 11) is 0. The van der Waals surface area contributed by atoms with Gasteiger partial charge in [-0.2, -0.15) is 0 Å². The molecule has 0 spiro atoms. The predicted molar refractivity (Wildman–Crippen MR) is 106 cm³/mol. The maximum atomic E-state index is 12.2. The Morgan fingerprint density at radius 2 is 2.00 bits per heavy atom. The second-order valence-corrected chi connectivity index (χ2v) is 7.47. The Kier molecular flexibility index (Phi) is 8.96. The molecule has 2 unspecified atom stereocenters. The standard InChI is InChI=1S/C22H35NO3/c1-4-5-10-19(3)26-21-13-11-20(12-14-21)22(24)25-17-8-16-23-15-7-6-9-18(23)2/h11-14,18-19H,4-10,15-17H2,1-3H3. The number of ether oxygens (including phenoxy) is 2. The number of nitrogens with zero attached hydrogens (tertiary/aromatic N) is 1. The lowest BCUT2D eigenvalue weighted by Crippen LogP contribution is -2.38. The highest BCUT2D eigenvalue weighted by Gasteiger charge is 2.17. The molecule has 1 aliphatic rings. The van der Waals surface area contributed by atoms with Crippen molar-refractivity contribution in [3.8, 4) is 5.75 Å². The molecule has 0 bridgehead atoms. The highest BCUT2D eigenvalue weighted by Crippen LogP contribution is 2.18. The molecule has 1 aliphatic heterocycles. The molecule has 4 heteroatoms. The summed E-state index contributed by atoms with van der Waals surface area (Å²) in [5.41, 5.74) is 0.588. The van der Waals surface area contributed by atoms with Crippen LogP contribution in [0.4, 0.5) is 0 Å². The SMILES string of the molecule is CCCCC(C)Oc1ccc(C(=O)OCCCN2CCCCC2C)cc1. The Morgan fingerprint density at radius 1 is 1.23 bits per heavy atom. The van der Waals surface area contributed by atoms with Crippen LogP contribution in [-0.2, 0) is 4.74 Å². The van der Waals surface area contributed by atoms with Crippen LogP contribution in [0.2, 0.25) is 0 Å². The average molecular weight is 362 g/mol. The first-order valence-electron chi connectivity index (χ1n) is 10.3. The van der Waals surface area contributed by atoms with Gasteiger partial charge in [-0.3, -0.25) is 0 Å². The molecule has 0 aliphatic carbocycles. The molecule has 146 valence electrons. The summed E-state index contributed by atoms with van der Waals surface area (Å²) < 4.78 is 11.3. The van der Waals surface area contributed by atoms with E-state index >= 15 is 0 Å². The molecule has 0 radical (unpaired) electrons. The van der Waals surface area contributed by atoms with Gasteiger partial charge in [0.05, 0.1) is 18.3 Å². The van der Waals surface area contributed by atoms with Gasteiger partial charge in [-0.05, 0) is 70.3 Å². The van der Waals surface area contributed by atoms with E-state index in [-0.39, 0.29) is 12.1 Å². The van der Waals surface area contributed by atoms with E-state index in [1.165, 1.54) is 38.6 Å². The Labute approximate surface area is 158 Å². The van der Waals surface area contributed by atoms with Crippen molar-refractivity contribution in [3.63, 3.8) is 0 Å². The van der Waals surface area contributed by atoms with Crippen molar-refractivity contribution in [2.24, 2.45) is 0 Å². The molecule has 0 amide bonds. The van der Waals surface area contributed by atoms with Crippen molar-refractivity contribution in [1.82, 2.24) is 4.90 Å². The van der Waals surface area contributed by atoms with Crippen LogP contribution in [0.5, 0.6) is 5.75 Å². The maximum Gasteiger partial charge on any atom is 0.338 e. The highest BCUT2D eigenvalue weighted by molar-refractivity contribution is 5.89. The first kappa shape index (κ1) is 20.8. The lowest BCUT2D eigenvalue weighted by molar-refractivity contribution is 0.0475. The molecule has 0 N–H and O–H groups in total. The third kappa shape index (κ3) is 6.99. The van der Waals surface area contributed by atoms with Crippen LogP contribution in [0.3, 0.4) is 0 Å². The number of carbonyl (C=O) groups is 1. The van der Waals surface area contributed by atoms with Gasteiger partial charge in [0.15, 0.2) is 0 Å². The molecule has 4 nitrogen and oxygen atoms in total. The van der Waals surface area contributed by atoms with E-state index in [2.05, 4.69) is 25.7 Å². The van der Waals surface area contributed by atoms with Crippen molar-refractivity contribution in [2.45, 2.75) is 77.9 Å². The summed E-state index contributed by atoms with van der Waals surface area (Å²) in [6.07, 6.45) is 8.40. The average Bonchev–Trinajstić information content (AvgIpc) is 2.65. The number of esters is 1. The van der Waals surface area contributed by atoms with Gasteiger partial charge in [-0.1, -0.05) is 26.2 Å². The van der Waals surface area contributed by atoms with Gasteiger partial charge in [0.2, 0.25) is 0 Å². The number of rotatable bonds is 10. The van der Waals surface area contributed by atoms with Crippen LogP contribution >= 0.6 is 0 Å². The number of benzene rings is 1. The van der Waals surface area contributed by atoms with E-state index in [0.717, 1.165) is 25.1 Å². The predicted octanol–water partition coefficient (Wildman–Crippen LogP) is 5.07. The van der Waals surface area contributed by atoms with Crippen molar-refractivity contribution >= 4 is 5.97 Å². The molecule has 26 heavy (non-hydrogen) atoms. The molecule has 2 rings (SSSR count). The summed E-state index contributed by atoms with van der Waals surface area (Å²) in [6.45, 7) is 9.22. The van der Waals surface area contributed by atoms with E-state index < -0.39 is 0 Å². The minimum Gasteiger partial charge on any atom is -0.491 e. The van der Waals surface area contributed by atoms with Crippen molar-refractivity contribution < 1.29 is 14.3 Å². The van der Waals surface area contributed by atoms with Crippen LogP contribution < -0.4 is 4.74 Å². The van der Waals surface area contributed by atoms with Gasteiger partial charge in [0.25, 0.3) is 0 Å². The zero-order valence-corrected chi connectivity index (χ0v) is 16.7.